The first kappa shape index (κ1) is 20.7. The van der Waals surface area contributed by atoms with Gasteiger partial charge in [0.2, 0.25) is 6.79 Å². The van der Waals surface area contributed by atoms with E-state index in [0.29, 0.717) is 17.3 Å². The maximum atomic E-state index is 14.9. The molecule has 3 heterocycles. The van der Waals surface area contributed by atoms with Gasteiger partial charge in [-0.15, -0.1) is 5.10 Å². The summed E-state index contributed by atoms with van der Waals surface area (Å²) in [6.45, 7) is 0.146. The molecule has 170 valence electrons. The summed E-state index contributed by atoms with van der Waals surface area (Å²) in [7, 11) is 4.70. The van der Waals surface area contributed by atoms with Gasteiger partial charge in [0, 0.05) is 20.5 Å². The van der Waals surface area contributed by atoms with Gasteiger partial charge >= 0.3 is 0 Å². The first-order valence-electron chi connectivity index (χ1n) is 9.97. The van der Waals surface area contributed by atoms with Crippen LogP contribution in [-0.2, 0) is 6.42 Å². The Hall–Kier alpha value is -4.15. The van der Waals surface area contributed by atoms with Crippen LogP contribution >= 0.6 is 0 Å². The topological polar surface area (TPSA) is 94.5 Å². The fraction of sp³-hybridized carbons (Fsp3) is 0.227. The molecule has 1 aliphatic rings. The molecule has 5 rings (SSSR count). The van der Waals surface area contributed by atoms with E-state index in [1.165, 1.54) is 13.2 Å². The first-order valence-corrected chi connectivity index (χ1v) is 9.97. The van der Waals surface area contributed by atoms with Crippen LogP contribution in [0.5, 0.6) is 17.2 Å². The Bertz CT molecular complexity index is 1450. The van der Waals surface area contributed by atoms with Crippen molar-refractivity contribution < 1.29 is 23.0 Å². The quantitative estimate of drug-likeness (QED) is 0.495. The van der Waals surface area contributed by atoms with E-state index in [0.717, 1.165) is 16.3 Å². The molecule has 0 amide bonds. The fourth-order valence-corrected chi connectivity index (χ4v) is 3.73. The van der Waals surface area contributed by atoms with Crippen LogP contribution in [0.2, 0.25) is 0 Å². The van der Waals surface area contributed by atoms with Crippen LogP contribution < -0.4 is 24.7 Å². The van der Waals surface area contributed by atoms with Gasteiger partial charge in [0.05, 0.1) is 7.11 Å². The standard InChI is InChI=1S/C22H19F2N5O4/c1-28(2)21-17-20(29(27-21)19-14(31-3)7-5-12(23)18(19)24)25-16(26-22(17)30)9-11-4-6-13-15(8-11)33-10-32-13/h4-8H,9-10H2,1-3H3,(H,25,26,30). The molecule has 0 saturated heterocycles. The minimum atomic E-state index is -1.16. The number of methoxy groups -OCH3 is 1. The zero-order valence-electron chi connectivity index (χ0n) is 18.0. The predicted octanol–water partition coefficient (Wildman–Crippen LogP) is 2.78. The third kappa shape index (κ3) is 3.41. The molecule has 33 heavy (non-hydrogen) atoms. The summed E-state index contributed by atoms with van der Waals surface area (Å²) in [5.74, 6) is -0.397. The van der Waals surface area contributed by atoms with Crippen LogP contribution in [-0.4, -0.2) is 47.7 Å². The SMILES string of the molecule is COc1ccc(F)c(F)c1-n1nc(N(C)C)c2c(=O)[nH]c(Cc3ccc4c(c3)OCO4)nc21. The van der Waals surface area contributed by atoms with E-state index in [9.17, 15) is 13.6 Å². The zero-order chi connectivity index (χ0) is 23.3. The number of fused-ring (bicyclic) bond motifs is 2. The lowest BCUT2D eigenvalue weighted by molar-refractivity contribution is 0.174. The second-order valence-electron chi connectivity index (χ2n) is 7.62. The van der Waals surface area contributed by atoms with Crippen molar-refractivity contribution in [2.45, 2.75) is 6.42 Å². The molecule has 9 nitrogen and oxygen atoms in total. The highest BCUT2D eigenvalue weighted by molar-refractivity contribution is 5.88. The van der Waals surface area contributed by atoms with E-state index in [-0.39, 0.29) is 41.5 Å². The number of aromatic nitrogens is 4. The monoisotopic (exact) mass is 455 g/mol. The van der Waals surface area contributed by atoms with Crippen molar-refractivity contribution in [3.05, 3.63) is 63.7 Å². The van der Waals surface area contributed by atoms with Crippen LogP contribution in [0.1, 0.15) is 11.4 Å². The number of halogens is 2. The van der Waals surface area contributed by atoms with Gasteiger partial charge in [-0.3, -0.25) is 4.79 Å². The summed E-state index contributed by atoms with van der Waals surface area (Å²) in [6.07, 6.45) is 0.257. The molecule has 0 unspecified atom stereocenters. The van der Waals surface area contributed by atoms with Gasteiger partial charge < -0.3 is 24.1 Å². The minimum Gasteiger partial charge on any atom is -0.494 e. The van der Waals surface area contributed by atoms with Gasteiger partial charge in [-0.25, -0.2) is 18.4 Å². The molecule has 2 aromatic carbocycles. The van der Waals surface area contributed by atoms with Crippen LogP contribution in [0, 0.1) is 11.6 Å². The van der Waals surface area contributed by atoms with E-state index >= 15 is 0 Å². The van der Waals surface area contributed by atoms with Gasteiger partial charge in [0.1, 0.15) is 22.6 Å². The van der Waals surface area contributed by atoms with Gasteiger partial charge in [-0.2, -0.15) is 0 Å². The Morgan fingerprint density at radius 3 is 2.73 bits per heavy atom. The number of ether oxygens (including phenoxy) is 3. The number of anilines is 1. The van der Waals surface area contributed by atoms with Gasteiger partial charge in [-0.1, -0.05) is 6.07 Å². The smallest absolute Gasteiger partial charge is 0.264 e. The third-order valence-electron chi connectivity index (χ3n) is 5.26. The molecule has 0 fully saturated rings. The van der Waals surface area contributed by atoms with Crippen LogP contribution in [0.15, 0.2) is 35.1 Å². The average molecular weight is 455 g/mol. The lowest BCUT2D eigenvalue weighted by Gasteiger charge is -2.11. The number of hydrogen-bond acceptors (Lipinski definition) is 7. The largest absolute Gasteiger partial charge is 0.494 e. The number of nitrogens with zero attached hydrogens (tertiary/aromatic N) is 4. The zero-order valence-corrected chi connectivity index (χ0v) is 18.0. The van der Waals surface area contributed by atoms with Crippen molar-refractivity contribution >= 4 is 16.9 Å². The number of benzene rings is 2. The van der Waals surface area contributed by atoms with E-state index in [1.54, 1.807) is 31.1 Å². The van der Waals surface area contributed by atoms with E-state index < -0.39 is 17.2 Å². The first-order chi connectivity index (χ1) is 15.9. The highest BCUT2D eigenvalue weighted by atomic mass is 19.2. The number of rotatable bonds is 5. The van der Waals surface area contributed by atoms with Crippen molar-refractivity contribution in [3.8, 4) is 22.9 Å². The lowest BCUT2D eigenvalue weighted by Crippen LogP contribution is -2.16. The summed E-state index contributed by atoms with van der Waals surface area (Å²) in [6, 6.07) is 7.65. The maximum Gasteiger partial charge on any atom is 0.264 e. The number of aromatic amines is 1. The summed E-state index contributed by atoms with van der Waals surface area (Å²) < 4.78 is 46.0. The molecule has 0 atom stereocenters. The Morgan fingerprint density at radius 2 is 1.97 bits per heavy atom. The van der Waals surface area contributed by atoms with Crippen LogP contribution in [0.3, 0.4) is 0 Å². The number of H-pyrrole nitrogens is 1. The van der Waals surface area contributed by atoms with E-state index in [1.807, 2.05) is 6.07 Å². The Labute approximate surface area is 186 Å². The molecular formula is C22H19F2N5O4. The summed E-state index contributed by atoms with van der Waals surface area (Å²) in [4.78, 5) is 21.9. The van der Waals surface area contributed by atoms with Crippen molar-refractivity contribution in [2.75, 3.05) is 32.9 Å². The summed E-state index contributed by atoms with van der Waals surface area (Å²) in [5, 5.41) is 4.50. The molecular weight excluding hydrogens is 436 g/mol. The van der Waals surface area contributed by atoms with E-state index in [2.05, 4.69) is 15.1 Å². The Morgan fingerprint density at radius 1 is 1.18 bits per heavy atom. The molecule has 0 aliphatic carbocycles. The molecule has 0 saturated carbocycles. The van der Waals surface area contributed by atoms with Crippen molar-refractivity contribution in [1.82, 2.24) is 19.7 Å². The number of nitrogens with one attached hydrogen (secondary N) is 1. The van der Waals surface area contributed by atoms with Crippen molar-refractivity contribution in [3.63, 3.8) is 0 Å². The molecule has 1 N–H and O–H groups in total. The Kier molecular flexibility index (Phi) is 4.88. The highest BCUT2D eigenvalue weighted by Gasteiger charge is 2.25. The summed E-state index contributed by atoms with van der Waals surface area (Å²) in [5.41, 5.74) is 0.153. The van der Waals surface area contributed by atoms with Crippen LogP contribution in [0.4, 0.5) is 14.6 Å². The predicted molar refractivity (Wildman–Crippen MR) is 116 cm³/mol. The average Bonchev–Trinajstić information content (AvgIpc) is 3.40. The molecule has 2 aromatic heterocycles. The molecule has 0 spiro atoms. The molecule has 0 bridgehead atoms. The Balaban J connectivity index is 1.71. The molecule has 1 aliphatic heterocycles. The van der Waals surface area contributed by atoms with Crippen molar-refractivity contribution in [1.29, 1.82) is 0 Å². The highest BCUT2D eigenvalue weighted by Crippen LogP contribution is 2.34. The van der Waals surface area contributed by atoms with Crippen LogP contribution in [0.25, 0.3) is 16.7 Å². The van der Waals surface area contributed by atoms with Gasteiger partial charge in [0.25, 0.3) is 5.56 Å². The second kappa shape index (κ2) is 7.76. The van der Waals surface area contributed by atoms with E-state index in [4.69, 9.17) is 14.2 Å². The van der Waals surface area contributed by atoms with Gasteiger partial charge in [0.15, 0.2) is 34.6 Å². The second-order valence-corrected chi connectivity index (χ2v) is 7.62. The normalized spacial score (nSPS) is 12.4. The molecule has 0 radical (unpaired) electrons. The third-order valence-corrected chi connectivity index (χ3v) is 5.26. The lowest BCUT2D eigenvalue weighted by atomic mass is 10.1. The molecule has 11 heteroatoms. The summed E-state index contributed by atoms with van der Waals surface area (Å²) >= 11 is 0. The van der Waals surface area contributed by atoms with Crippen molar-refractivity contribution in [2.24, 2.45) is 0 Å². The number of hydrogen-bond donors (Lipinski definition) is 1. The molecule has 4 aromatic rings. The fourth-order valence-electron chi connectivity index (χ4n) is 3.73. The van der Waals surface area contributed by atoms with Gasteiger partial charge in [-0.05, 0) is 29.8 Å². The maximum absolute atomic E-state index is 14.9. The minimum absolute atomic E-state index is 0.0445.